The first-order valence-corrected chi connectivity index (χ1v) is 8.41. The van der Waals surface area contributed by atoms with E-state index in [-0.39, 0.29) is 17.8 Å². The molecular formula is C19H20ClFN2O. The lowest BCUT2D eigenvalue weighted by atomic mass is 10.0. The van der Waals surface area contributed by atoms with E-state index < -0.39 is 6.04 Å². The van der Waals surface area contributed by atoms with Crippen molar-refractivity contribution in [2.24, 2.45) is 0 Å². The molecule has 1 aliphatic carbocycles. The van der Waals surface area contributed by atoms with Crippen molar-refractivity contribution in [3.63, 3.8) is 0 Å². The topological polar surface area (TPSA) is 32.3 Å². The first-order chi connectivity index (χ1) is 11.5. The Hall–Kier alpha value is -1.91. The number of nitrogens with zero attached hydrogens (tertiary/aromatic N) is 1. The van der Waals surface area contributed by atoms with E-state index in [9.17, 15) is 9.18 Å². The van der Waals surface area contributed by atoms with Crippen LogP contribution in [0, 0.1) is 5.82 Å². The standard InChI is InChI=1S/C19H20ClFN2O/c1-23(12-13-3-2-4-15(20)11-13)18(19(24)22-17-9-10-17)14-5-7-16(21)8-6-14/h2-8,11,17-18H,9-10,12H2,1H3,(H,22,24). The molecule has 1 amide bonds. The second kappa shape index (κ2) is 7.32. The molecule has 1 fully saturated rings. The number of carbonyl (C=O) groups is 1. The Morgan fingerprint density at radius 1 is 1.29 bits per heavy atom. The Morgan fingerprint density at radius 2 is 2.00 bits per heavy atom. The Balaban J connectivity index is 1.82. The number of hydrogen-bond donors (Lipinski definition) is 1. The number of hydrogen-bond acceptors (Lipinski definition) is 2. The summed E-state index contributed by atoms with van der Waals surface area (Å²) in [6.45, 7) is 0.570. The van der Waals surface area contributed by atoms with Gasteiger partial charge < -0.3 is 5.32 Å². The lowest BCUT2D eigenvalue weighted by molar-refractivity contribution is -0.126. The molecule has 126 valence electrons. The molecule has 1 saturated carbocycles. The van der Waals surface area contributed by atoms with Gasteiger partial charge in [-0.1, -0.05) is 35.9 Å². The van der Waals surface area contributed by atoms with E-state index in [0.29, 0.717) is 11.6 Å². The van der Waals surface area contributed by atoms with Crippen LogP contribution in [-0.2, 0) is 11.3 Å². The summed E-state index contributed by atoms with van der Waals surface area (Å²) in [5.41, 5.74) is 1.80. The molecule has 0 bridgehead atoms. The quantitative estimate of drug-likeness (QED) is 0.859. The van der Waals surface area contributed by atoms with Gasteiger partial charge in [0, 0.05) is 17.6 Å². The summed E-state index contributed by atoms with van der Waals surface area (Å²) in [7, 11) is 1.89. The van der Waals surface area contributed by atoms with Crippen LogP contribution in [0.2, 0.25) is 5.02 Å². The van der Waals surface area contributed by atoms with E-state index in [1.165, 1.54) is 12.1 Å². The molecular weight excluding hydrogens is 327 g/mol. The van der Waals surface area contributed by atoms with E-state index in [0.717, 1.165) is 24.0 Å². The zero-order valence-electron chi connectivity index (χ0n) is 13.5. The molecule has 0 aliphatic heterocycles. The van der Waals surface area contributed by atoms with Gasteiger partial charge in [0.05, 0.1) is 0 Å². The van der Waals surface area contributed by atoms with E-state index in [2.05, 4.69) is 5.32 Å². The molecule has 1 atom stereocenters. The van der Waals surface area contributed by atoms with Gasteiger partial charge in [-0.05, 0) is 55.3 Å². The number of halogens is 2. The van der Waals surface area contributed by atoms with Gasteiger partial charge in [0.15, 0.2) is 0 Å². The van der Waals surface area contributed by atoms with Gasteiger partial charge >= 0.3 is 0 Å². The molecule has 1 aliphatic rings. The number of carbonyl (C=O) groups excluding carboxylic acids is 1. The number of likely N-dealkylation sites (N-methyl/N-ethyl adjacent to an activating group) is 1. The highest BCUT2D eigenvalue weighted by molar-refractivity contribution is 6.30. The fourth-order valence-electron chi connectivity index (χ4n) is 2.77. The lowest BCUT2D eigenvalue weighted by Crippen LogP contribution is -2.39. The molecule has 0 saturated heterocycles. The first-order valence-electron chi connectivity index (χ1n) is 8.03. The van der Waals surface area contributed by atoms with Crippen LogP contribution in [0.15, 0.2) is 48.5 Å². The maximum Gasteiger partial charge on any atom is 0.242 e. The first kappa shape index (κ1) is 16.9. The number of amides is 1. The largest absolute Gasteiger partial charge is 0.352 e. The molecule has 1 N–H and O–H groups in total. The Bertz CT molecular complexity index is 716. The Kier molecular flexibility index (Phi) is 5.17. The zero-order valence-corrected chi connectivity index (χ0v) is 14.3. The van der Waals surface area contributed by atoms with Crippen molar-refractivity contribution in [1.29, 1.82) is 0 Å². The minimum atomic E-state index is -0.467. The highest BCUT2D eigenvalue weighted by Gasteiger charge is 2.30. The highest BCUT2D eigenvalue weighted by Crippen LogP contribution is 2.26. The monoisotopic (exact) mass is 346 g/mol. The van der Waals surface area contributed by atoms with Crippen molar-refractivity contribution in [3.8, 4) is 0 Å². The van der Waals surface area contributed by atoms with Crippen LogP contribution < -0.4 is 5.32 Å². The fourth-order valence-corrected chi connectivity index (χ4v) is 2.99. The summed E-state index contributed by atoms with van der Waals surface area (Å²) in [5.74, 6) is -0.355. The van der Waals surface area contributed by atoms with Crippen molar-refractivity contribution in [2.45, 2.75) is 31.5 Å². The van der Waals surface area contributed by atoms with Crippen LogP contribution in [0.5, 0.6) is 0 Å². The van der Waals surface area contributed by atoms with Gasteiger partial charge in [-0.2, -0.15) is 0 Å². The third-order valence-corrected chi connectivity index (χ3v) is 4.35. The van der Waals surface area contributed by atoms with Crippen molar-refractivity contribution in [2.75, 3.05) is 7.05 Å². The molecule has 0 spiro atoms. The molecule has 3 nitrogen and oxygen atoms in total. The van der Waals surface area contributed by atoms with Crippen molar-refractivity contribution >= 4 is 17.5 Å². The SMILES string of the molecule is CN(Cc1cccc(Cl)c1)C(C(=O)NC1CC1)c1ccc(F)cc1. The summed E-state index contributed by atoms with van der Waals surface area (Å²) in [6, 6.07) is 13.5. The molecule has 1 unspecified atom stereocenters. The molecule has 5 heteroatoms. The van der Waals surface area contributed by atoms with Crippen LogP contribution in [0.4, 0.5) is 4.39 Å². The van der Waals surface area contributed by atoms with Gasteiger partial charge in [-0.3, -0.25) is 9.69 Å². The summed E-state index contributed by atoms with van der Waals surface area (Å²) in [5, 5.41) is 3.71. The summed E-state index contributed by atoms with van der Waals surface area (Å²) in [4.78, 5) is 14.7. The lowest BCUT2D eigenvalue weighted by Gasteiger charge is -2.28. The third kappa shape index (κ3) is 4.34. The van der Waals surface area contributed by atoms with Crippen molar-refractivity contribution in [1.82, 2.24) is 10.2 Å². The predicted molar refractivity (Wildman–Crippen MR) is 93.2 cm³/mol. The minimum Gasteiger partial charge on any atom is -0.352 e. The van der Waals surface area contributed by atoms with Crippen molar-refractivity contribution in [3.05, 3.63) is 70.5 Å². The minimum absolute atomic E-state index is 0.0476. The average molecular weight is 347 g/mol. The number of nitrogens with one attached hydrogen (secondary N) is 1. The zero-order chi connectivity index (χ0) is 17.1. The van der Waals surface area contributed by atoms with Crippen molar-refractivity contribution < 1.29 is 9.18 Å². The molecule has 0 aromatic heterocycles. The summed E-state index contributed by atoms with van der Waals surface area (Å²) in [6.07, 6.45) is 2.06. The van der Waals surface area contributed by atoms with Crippen LogP contribution in [0.25, 0.3) is 0 Å². The Labute approximate surface area is 146 Å². The molecule has 0 heterocycles. The normalized spacial score (nSPS) is 15.3. The maximum absolute atomic E-state index is 13.2. The fraction of sp³-hybridized carbons (Fsp3) is 0.316. The molecule has 24 heavy (non-hydrogen) atoms. The highest BCUT2D eigenvalue weighted by atomic mass is 35.5. The molecule has 0 radical (unpaired) electrons. The van der Waals surface area contributed by atoms with Crippen LogP contribution >= 0.6 is 11.6 Å². The molecule has 2 aromatic rings. The van der Waals surface area contributed by atoms with Gasteiger partial charge in [0.1, 0.15) is 11.9 Å². The van der Waals surface area contributed by atoms with Gasteiger partial charge in [-0.15, -0.1) is 0 Å². The van der Waals surface area contributed by atoms with Crippen LogP contribution in [-0.4, -0.2) is 23.9 Å². The van der Waals surface area contributed by atoms with Gasteiger partial charge in [-0.25, -0.2) is 4.39 Å². The summed E-state index contributed by atoms with van der Waals surface area (Å²) >= 11 is 6.04. The van der Waals surface area contributed by atoms with Crippen LogP contribution in [0.3, 0.4) is 0 Å². The van der Waals surface area contributed by atoms with Gasteiger partial charge in [0.25, 0.3) is 0 Å². The number of rotatable bonds is 6. The molecule has 2 aromatic carbocycles. The second-order valence-electron chi connectivity index (χ2n) is 6.28. The average Bonchev–Trinajstić information content (AvgIpc) is 3.33. The third-order valence-electron chi connectivity index (χ3n) is 4.12. The van der Waals surface area contributed by atoms with E-state index in [1.54, 1.807) is 12.1 Å². The second-order valence-corrected chi connectivity index (χ2v) is 6.72. The molecule has 3 rings (SSSR count). The van der Waals surface area contributed by atoms with E-state index in [1.807, 2.05) is 36.2 Å². The Morgan fingerprint density at radius 3 is 2.62 bits per heavy atom. The van der Waals surface area contributed by atoms with Gasteiger partial charge in [0.2, 0.25) is 5.91 Å². The predicted octanol–water partition coefficient (Wildman–Crippen LogP) is 3.93. The van der Waals surface area contributed by atoms with E-state index >= 15 is 0 Å². The number of benzene rings is 2. The maximum atomic E-state index is 13.2. The van der Waals surface area contributed by atoms with E-state index in [4.69, 9.17) is 11.6 Å². The smallest absolute Gasteiger partial charge is 0.242 e. The van der Waals surface area contributed by atoms with Crippen LogP contribution in [0.1, 0.15) is 30.0 Å². The summed E-state index contributed by atoms with van der Waals surface area (Å²) < 4.78 is 13.2.